The van der Waals surface area contributed by atoms with Crippen LogP contribution >= 0.6 is 0 Å². The molecule has 150 valence electrons. The molecule has 1 aromatic carbocycles. The fourth-order valence-electron chi connectivity index (χ4n) is 2.98. The number of ketones is 1. The first kappa shape index (κ1) is 21.4. The molecule has 1 aromatic heterocycles. The highest BCUT2D eigenvalue weighted by Crippen LogP contribution is 2.22. The van der Waals surface area contributed by atoms with E-state index < -0.39 is 5.97 Å². The van der Waals surface area contributed by atoms with Gasteiger partial charge in [-0.1, -0.05) is 45.0 Å². The molecule has 0 bridgehead atoms. The summed E-state index contributed by atoms with van der Waals surface area (Å²) in [5, 5.41) is 2.94. The van der Waals surface area contributed by atoms with Gasteiger partial charge in [0, 0.05) is 18.8 Å². The molecule has 6 nitrogen and oxygen atoms in total. The van der Waals surface area contributed by atoms with Crippen LogP contribution in [0.1, 0.15) is 65.7 Å². The minimum atomic E-state index is -0.640. The fraction of sp³-hybridized carbons (Fsp3) is 0.409. The average molecular weight is 384 g/mol. The molecule has 0 saturated heterocycles. The Morgan fingerprint density at radius 3 is 2.29 bits per heavy atom. The highest BCUT2D eigenvalue weighted by Gasteiger charge is 2.20. The van der Waals surface area contributed by atoms with Crippen LogP contribution < -0.4 is 5.32 Å². The highest BCUT2D eigenvalue weighted by molar-refractivity contribution is 5.98. The molecule has 28 heavy (non-hydrogen) atoms. The molecular formula is C22H28N2O4. The van der Waals surface area contributed by atoms with Gasteiger partial charge in [-0.05, 0) is 36.5 Å². The van der Waals surface area contributed by atoms with E-state index in [1.165, 1.54) is 23.1 Å². The van der Waals surface area contributed by atoms with Crippen LogP contribution in [0.5, 0.6) is 0 Å². The zero-order valence-electron chi connectivity index (χ0n) is 17.1. The number of esters is 1. The smallest absolute Gasteiger partial charge is 0.355 e. The molecule has 0 radical (unpaired) electrons. The van der Waals surface area contributed by atoms with Gasteiger partial charge in [0.2, 0.25) is 0 Å². The van der Waals surface area contributed by atoms with E-state index in [0.29, 0.717) is 5.56 Å². The molecular weight excluding hydrogens is 356 g/mol. The van der Waals surface area contributed by atoms with Crippen molar-refractivity contribution in [3.63, 3.8) is 0 Å². The normalized spacial score (nSPS) is 11.9. The minimum absolute atomic E-state index is 0.138. The fourth-order valence-corrected chi connectivity index (χ4v) is 2.98. The van der Waals surface area contributed by atoms with Gasteiger partial charge in [-0.2, -0.15) is 0 Å². The number of rotatable bonds is 8. The van der Waals surface area contributed by atoms with Crippen LogP contribution in [0.4, 0.5) is 0 Å². The number of hydrogen-bond donors (Lipinski definition) is 1. The largest absolute Gasteiger partial charge is 0.451 e. The second-order valence-electron chi connectivity index (χ2n) is 7.24. The molecule has 1 heterocycles. The second kappa shape index (κ2) is 9.35. The van der Waals surface area contributed by atoms with Crippen molar-refractivity contribution in [2.45, 2.75) is 40.2 Å². The van der Waals surface area contributed by atoms with Gasteiger partial charge in [-0.15, -0.1) is 0 Å². The van der Waals surface area contributed by atoms with Crippen LogP contribution in [0, 0.1) is 5.92 Å². The lowest BCUT2D eigenvalue weighted by Crippen LogP contribution is -2.35. The van der Waals surface area contributed by atoms with Gasteiger partial charge >= 0.3 is 5.97 Å². The molecule has 6 heteroatoms. The predicted molar refractivity (Wildman–Crippen MR) is 107 cm³/mol. The van der Waals surface area contributed by atoms with E-state index in [-0.39, 0.29) is 36.0 Å². The number of Topliss-reactive ketones (excluding diaryl/α,β-unsaturated/α-hetero) is 1. The molecule has 1 N–H and O–H groups in total. The summed E-state index contributed by atoms with van der Waals surface area (Å²) < 4.78 is 6.65. The Morgan fingerprint density at radius 1 is 1.14 bits per heavy atom. The van der Waals surface area contributed by atoms with Crippen molar-refractivity contribution in [1.29, 1.82) is 0 Å². The summed E-state index contributed by atoms with van der Waals surface area (Å²) >= 11 is 0. The number of amides is 1. The molecule has 0 saturated carbocycles. The standard InChI is InChI=1S/C22H28N2O4/c1-6-16-7-9-17(10-8-16)21(14(2)3)23-20(26)13-28-22(27)19-11-18(15(4)25)12-24(19)5/h7-12,14,21H,6,13H2,1-5H3,(H,23,26)/t21-/m0/s1. The van der Waals surface area contributed by atoms with Gasteiger partial charge in [0.1, 0.15) is 5.69 Å². The number of benzene rings is 1. The summed E-state index contributed by atoms with van der Waals surface area (Å²) in [6.07, 6.45) is 2.52. The Hall–Kier alpha value is -2.89. The van der Waals surface area contributed by atoms with E-state index in [4.69, 9.17) is 4.74 Å². The van der Waals surface area contributed by atoms with E-state index in [9.17, 15) is 14.4 Å². The van der Waals surface area contributed by atoms with Gasteiger partial charge in [0.15, 0.2) is 12.4 Å². The summed E-state index contributed by atoms with van der Waals surface area (Å²) in [7, 11) is 1.65. The summed E-state index contributed by atoms with van der Waals surface area (Å²) in [5.74, 6) is -0.967. The number of carbonyl (C=O) groups is 3. The molecule has 0 spiro atoms. The van der Waals surface area contributed by atoms with Crippen molar-refractivity contribution in [3.05, 3.63) is 58.9 Å². The van der Waals surface area contributed by atoms with Crippen LogP contribution in [-0.2, 0) is 23.0 Å². The maximum atomic E-state index is 12.3. The van der Waals surface area contributed by atoms with Crippen molar-refractivity contribution in [2.24, 2.45) is 13.0 Å². The van der Waals surface area contributed by atoms with Crippen molar-refractivity contribution in [3.8, 4) is 0 Å². The van der Waals surface area contributed by atoms with Crippen molar-refractivity contribution >= 4 is 17.7 Å². The molecule has 2 rings (SSSR count). The van der Waals surface area contributed by atoms with Gasteiger partial charge in [-0.25, -0.2) is 4.79 Å². The van der Waals surface area contributed by atoms with Crippen LogP contribution in [0.3, 0.4) is 0 Å². The maximum absolute atomic E-state index is 12.3. The summed E-state index contributed by atoms with van der Waals surface area (Å²) in [6.45, 7) is 7.19. The maximum Gasteiger partial charge on any atom is 0.355 e. The predicted octanol–water partition coefficient (Wildman–Crippen LogP) is 3.46. The number of aryl methyl sites for hydroxylation is 2. The zero-order valence-corrected chi connectivity index (χ0v) is 17.1. The molecule has 0 aliphatic heterocycles. The topological polar surface area (TPSA) is 77.4 Å². The number of aromatic nitrogens is 1. The van der Waals surface area contributed by atoms with Crippen LogP contribution in [0.2, 0.25) is 0 Å². The van der Waals surface area contributed by atoms with E-state index in [1.54, 1.807) is 13.2 Å². The molecule has 0 unspecified atom stereocenters. The quantitative estimate of drug-likeness (QED) is 0.558. The summed E-state index contributed by atoms with van der Waals surface area (Å²) in [5.41, 5.74) is 2.90. The Morgan fingerprint density at radius 2 is 1.79 bits per heavy atom. The van der Waals surface area contributed by atoms with E-state index in [0.717, 1.165) is 12.0 Å². The third-order valence-corrected chi connectivity index (χ3v) is 4.69. The minimum Gasteiger partial charge on any atom is -0.451 e. The first-order chi connectivity index (χ1) is 13.2. The molecule has 0 aliphatic rings. The van der Waals surface area contributed by atoms with Gasteiger partial charge < -0.3 is 14.6 Å². The third kappa shape index (κ3) is 5.31. The molecule has 0 aliphatic carbocycles. The molecule has 1 atom stereocenters. The Kier molecular flexibility index (Phi) is 7.15. The van der Waals surface area contributed by atoms with Crippen molar-refractivity contribution < 1.29 is 19.1 Å². The van der Waals surface area contributed by atoms with Crippen LogP contribution in [0.25, 0.3) is 0 Å². The number of nitrogens with zero attached hydrogens (tertiary/aromatic N) is 1. The van der Waals surface area contributed by atoms with E-state index in [2.05, 4.69) is 24.4 Å². The van der Waals surface area contributed by atoms with Gasteiger partial charge in [0.05, 0.1) is 6.04 Å². The number of nitrogens with one attached hydrogen (secondary N) is 1. The lowest BCUT2D eigenvalue weighted by atomic mass is 9.95. The van der Waals surface area contributed by atoms with Crippen molar-refractivity contribution in [1.82, 2.24) is 9.88 Å². The van der Waals surface area contributed by atoms with E-state index in [1.807, 2.05) is 26.0 Å². The van der Waals surface area contributed by atoms with E-state index >= 15 is 0 Å². The summed E-state index contributed by atoms with van der Waals surface area (Å²) in [6, 6.07) is 9.44. The Balaban J connectivity index is 1.99. The molecule has 0 fully saturated rings. The van der Waals surface area contributed by atoms with Crippen molar-refractivity contribution in [2.75, 3.05) is 6.61 Å². The number of carbonyl (C=O) groups excluding carboxylic acids is 3. The average Bonchev–Trinajstić information content (AvgIpc) is 3.06. The van der Waals surface area contributed by atoms with Gasteiger partial charge in [0.25, 0.3) is 5.91 Å². The van der Waals surface area contributed by atoms with Gasteiger partial charge in [-0.3, -0.25) is 9.59 Å². The lowest BCUT2D eigenvalue weighted by molar-refractivity contribution is -0.125. The highest BCUT2D eigenvalue weighted by atomic mass is 16.5. The first-order valence-corrected chi connectivity index (χ1v) is 9.45. The SMILES string of the molecule is CCc1ccc([C@@H](NC(=O)COC(=O)c2cc(C(C)=O)cn2C)C(C)C)cc1. The first-order valence-electron chi connectivity index (χ1n) is 9.45. The summed E-state index contributed by atoms with van der Waals surface area (Å²) in [4.78, 5) is 36.0. The Bertz CT molecular complexity index is 850. The number of hydrogen-bond acceptors (Lipinski definition) is 4. The second-order valence-corrected chi connectivity index (χ2v) is 7.24. The Labute approximate surface area is 165 Å². The third-order valence-electron chi connectivity index (χ3n) is 4.69. The zero-order chi connectivity index (χ0) is 20.8. The number of ether oxygens (including phenoxy) is 1. The lowest BCUT2D eigenvalue weighted by Gasteiger charge is -2.23. The van der Waals surface area contributed by atoms with Crippen LogP contribution in [-0.4, -0.2) is 28.8 Å². The molecule has 2 aromatic rings. The monoisotopic (exact) mass is 384 g/mol. The van der Waals surface area contributed by atoms with Crippen LogP contribution in [0.15, 0.2) is 36.5 Å². The molecule has 1 amide bonds.